The van der Waals surface area contributed by atoms with Crippen LogP contribution in [0.15, 0.2) is 23.1 Å². The van der Waals surface area contributed by atoms with E-state index < -0.39 is 14.9 Å². The molecule has 0 amide bonds. The van der Waals surface area contributed by atoms with Crippen molar-refractivity contribution in [2.24, 2.45) is 5.92 Å². The van der Waals surface area contributed by atoms with Crippen LogP contribution < -0.4 is 0 Å². The Balaban J connectivity index is 2.33. The van der Waals surface area contributed by atoms with Crippen molar-refractivity contribution in [3.63, 3.8) is 0 Å². The Bertz CT molecular complexity index is 649. The number of nitro groups is 1. The van der Waals surface area contributed by atoms with Crippen LogP contribution in [-0.2, 0) is 10.0 Å². The van der Waals surface area contributed by atoms with E-state index in [2.05, 4.69) is 0 Å². The Morgan fingerprint density at radius 2 is 2.19 bits per heavy atom. The molecule has 1 aliphatic rings. The fourth-order valence-corrected chi connectivity index (χ4v) is 4.41. The molecule has 1 heterocycles. The summed E-state index contributed by atoms with van der Waals surface area (Å²) in [5, 5.41) is 19.7. The fraction of sp³-hybridized carbons (Fsp3) is 0.500. The minimum absolute atomic E-state index is 0.0694. The highest BCUT2D eigenvalue weighted by atomic mass is 35.5. The third-order valence-corrected chi connectivity index (χ3v) is 5.83. The van der Waals surface area contributed by atoms with Gasteiger partial charge in [-0.05, 0) is 24.8 Å². The summed E-state index contributed by atoms with van der Waals surface area (Å²) in [5.41, 5.74) is -0.258. The van der Waals surface area contributed by atoms with Gasteiger partial charge in [0.15, 0.2) is 0 Å². The predicted octanol–water partition coefficient (Wildman–Crippen LogP) is 1.64. The van der Waals surface area contributed by atoms with Crippen LogP contribution in [0, 0.1) is 16.0 Å². The zero-order chi connectivity index (χ0) is 15.6. The van der Waals surface area contributed by atoms with Crippen molar-refractivity contribution in [3.05, 3.63) is 33.3 Å². The number of hydrogen-bond acceptors (Lipinski definition) is 5. The van der Waals surface area contributed by atoms with Gasteiger partial charge in [0.2, 0.25) is 10.0 Å². The largest absolute Gasteiger partial charge is 0.396 e. The first-order chi connectivity index (χ1) is 9.86. The first-order valence-corrected chi connectivity index (χ1v) is 8.23. The third-order valence-electron chi connectivity index (χ3n) is 3.48. The number of benzene rings is 1. The van der Waals surface area contributed by atoms with Crippen LogP contribution in [0.3, 0.4) is 0 Å². The molecule has 7 nitrogen and oxygen atoms in total. The number of aliphatic hydroxyl groups is 1. The molecule has 1 aromatic carbocycles. The molecule has 0 spiro atoms. The maximum atomic E-state index is 12.5. The third kappa shape index (κ3) is 3.34. The molecule has 9 heteroatoms. The molecule has 0 saturated carbocycles. The summed E-state index contributed by atoms with van der Waals surface area (Å²) in [6.07, 6.45) is 1.44. The second-order valence-corrected chi connectivity index (χ2v) is 7.24. The Labute approximate surface area is 127 Å². The molecule has 2 rings (SSSR count). The number of hydrogen-bond donors (Lipinski definition) is 1. The highest BCUT2D eigenvalue weighted by molar-refractivity contribution is 7.89. The normalized spacial score (nSPS) is 20.4. The standard InChI is InChI=1S/C12H15ClN2O5S/c13-11-6-10(15(17)18)3-4-12(11)21(19,20)14-5-1-2-9(7-14)8-16/h3-4,6,9,16H,1-2,5,7-8H2. The van der Waals surface area contributed by atoms with Crippen molar-refractivity contribution in [1.29, 1.82) is 0 Å². The number of non-ortho nitro benzene ring substituents is 1. The van der Waals surface area contributed by atoms with Crippen molar-refractivity contribution < 1.29 is 18.4 Å². The zero-order valence-corrected chi connectivity index (χ0v) is 12.7. The van der Waals surface area contributed by atoms with Crippen LogP contribution in [0.25, 0.3) is 0 Å². The molecule has 1 N–H and O–H groups in total. The molecule has 0 bridgehead atoms. The van der Waals surface area contributed by atoms with E-state index in [4.69, 9.17) is 11.6 Å². The Morgan fingerprint density at radius 3 is 2.76 bits per heavy atom. The van der Waals surface area contributed by atoms with E-state index in [-0.39, 0.29) is 34.7 Å². The van der Waals surface area contributed by atoms with Gasteiger partial charge >= 0.3 is 0 Å². The van der Waals surface area contributed by atoms with Gasteiger partial charge in [-0.2, -0.15) is 4.31 Å². The first-order valence-electron chi connectivity index (χ1n) is 6.41. The van der Waals surface area contributed by atoms with Crippen LogP contribution >= 0.6 is 11.6 Å². The molecule has 21 heavy (non-hydrogen) atoms. The Kier molecular flexibility index (Phi) is 4.82. The molecule has 1 saturated heterocycles. The molecule has 1 aromatic rings. The van der Waals surface area contributed by atoms with E-state index in [0.29, 0.717) is 13.0 Å². The number of piperidine rings is 1. The van der Waals surface area contributed by atoms with Gasteiger partial charge in [-0.3, -0.25) is 10.1 Å². The minimum atomic E-state index is -3.81. The summed E-state index contributed by atoms with van der Waals surface area (Å²) in [4.78, 5) is 9.88. The SMILES string of the molecule is O=[N+]([O-])c1ccc(S(=O)(=O)N2CCCC(CO)C2)c(Cl)c1. The van der Waals surface area contributed by atoms with E-state index in [1.54, 1.807) is 0 Å². The highest BCUT2D eigenvalue weighted by Gasteiger charge is 2.31. The van der Waals surface area contributed by atoms with Crippen molar-refractivity contribution >= 4 is 27.3 Å². The van der Waals surface area contributed by atoms with Crippen molar-refractivity contribution in [3.8, 4) is 0 Å². The summed E-state index contributed by atoms with van der Waals surface area (Å²) >= 11 is 5.89. The lowest BCUT2D eigenvalue weighted by atomic mass is 10.0. The van der Waals surface area contributed by atoms with Crippen LogP contribution in [-0.4, -0.2) is 42.4 Å². The minimum Gasteiger partial charge on any atom is -0.396 e. The maximum Gasteiger partial charge on any atom is 0.271 e. The lowest BCUT2D eigenvalue weighted by Gasteiger charge is -2.31. The van der Waals surface area contributed by atoms with Gasteiger partial charge in [0.05, 0.1) is 9.95 Å². The smallest absolute Gasteiger partial charge is 0.271 e. The summed E-state index contributed by atoms with van der Waals surface area (Å²) in [6, 6.07) is 3.30. The molecule has 1 aliphatic heterocycles. The number of nitro benzene ring substituents is 1. The molecular formula is C12H15ClN2O5S. The number of nitrogens with zero attached hydrogens (tertiary/aromatic N) is 2. The van der Waals surface area contributed by atoms with Crippen LogP contribution in [0.4, 0.5) is 5.69 Å². The predicted molar refractivity (Wildman–Crippen MR) is 76.7 cm³/mol. The molecule has 0 aliphatic carbocycles. The Morgan fingerprint density at radius 1 is 1.48 bits per heavy atom. The molecule has 0 radical (unpaired) electrons. The van der Waals surface area contributed by atoms with Crippen LogP contribution in [0.1, 0.15) is 12.8 Å². The molecule has 1 unspecified atom stereocenters. The van der Waals surface area contributed by atoms with E-state index in [1.807, 2.05) is 0 Å². The van der Waals surface area contributed by atoms with Gasteiger partial charge in [0.1, 0.15) is 4.90 Å². The second kappa shape index (κ2) is 6.27. The van der Waals surface area contributed by atoms with Gasteiger partial charge in [-0.25, -0.2) is 8.42 Å². The van der Waals surface area contributed by atoms with Crippen molar-refractivity contribution in [2.75, 3.05) is 19.7 Å². The zero-order valence-electron chi connectivity index (χ0n) is 11.1. The van der Waals surface area contributed by atoms with Gasteiger partial charge in [-0.1, -0.05) is 11.6 Å². The van der Waals surface area contributed by atoms with Gasteiger partial charge < -0.3 is 5.11 Å². The fourth-order valence-electron chi connectivity index (χ4n) is 2.35. The molecule has 1 fully saturated rings. The average Bonchev–Trinajstić information content (AvgIpc) is 2.46. The number of sulfonamides is 1. The molecule has 0 aromatic heterocycles. The summed E-state index contributed by atoms with van der Waals surface area (Å²) in [6.45, 7) is 0.512. The van der Waals surface area contributed by atoms with Crippen molar-refractivity contribution in [1.82, 2.24) is 4.31 Å². The van der Waals surface area contributed by atoms with Gasteiger partial charge in [-0.15, -0.1) is 0 Å². The number of rotatable bonds is 4. The lowest BCUT2D eigenvalue weighted by molar-refractivity contribution is -0.384. The highest BCUT2D eigenvalue weighted by Crippen LogP contribution is 2.30. The number of halogens is 1. The van der Waals surface area contributed by atoms with Crippen LogP contribution in [0.2, 0.25) is 5.02 Å². The van der Waals surface area contributed by atoms with Gasteiger partial charge in [0.25, 0.3) is 5.69 Å². The van der Waals surface area contributed by atoms with E-state index in [0.717, 1.165) is 24.6 Å². The Hall–Kier alpha value is -1.22. The summed E-state index contributed by atoms with van der Waals surface area (Å²) in [7, 11) is -3.81. The molecule has 1 atom stereocenters. The molecule has 116 valence electrons. The quantitative estimate of drug-likeness (QED) is 0.666. The van der Waals surface area contributed by atoms with E-state index >= 15 is 0 Å². The topological polar surface area (TPSA) is 101 Å². The molecular weight excluding hydrogens is 320 g/mol. The van der Waals surface area contributed by atoms with Crippen LogP contribution in [0.5, 0.6) is 0 Å². The lowest BCUT2D eigenvalue weighted by Crippen LogP contribution is -2.40. The average molecular weight is 335 g/mol. The van der Waals surface area contributed by atoms with E-state index in [1.165, 1.54) is 4.31 Å². The summed E-state index contributed by atoms with van der Waals surface area (Å²) in [5.74, 6) is -0.0923. The second-order valence-electron chi connectivity index (χ2n) is 4.93. The van der Waals surface area contributed by atoms with Gasteiger partial charge in [0, 0.05) is 31.8 Å². The first kappa shape index (κ1) is 16.2. The van der Waals surface area contributed by atoms with Crippen molar-refractivity contribution in [2.45, 2.75) is 17.7 Å². The maximum absolute atomic E-state index is 12.5. The van der Waals surface area contributed by atoms with E-state index in [9.17, 15) is 23.6 Å². The number of aliphatic hydroxyl groups excluding tert-OH is 1. The monoisotopic (exact) mass is 334 g/mol. The summed E-state index contributed by atoms with van der Waals surface area (Å²) < 4.78 is 26.3.